The van der Waals surface area contributed by atoms with Crippen molar-refractivity contribution in [3.05, 3.63) is 81.3 Å². The highest BCUT2D eigenvalue weighted by Crippen LogP contribution is 2.44. The zero-order valence-electron chi connectivity index (χ0n) is 14.4. The van der Waals surface area contributed by atoms with Gasteiger partial charge in [0.15, 0.2) is 5.78 Å². The lowest BCUT2D eigenvalue weighted by Gasteiger charge is -2.31. The summed E-state index contributed by atoms with van der Waals surface area (Å²) in [5.41, 5.74) is 2.58. The van der Waals surface area contributed by atoms with E-state index >= 15 is 0 Å². The minimum absolute atomic E-state index is 0.0512. The van der Waals surface area contributed by atoms with Crippen molar-refractivity contribution >= 4 is 34.9 Å². The Hall–Kier alpha value is -2.35. The van der Waals surface area contributed by atoms with Gasteiger partial charge in [0, 0.05) is 22.2 Å². The van der Waals surface area contributed by atoms with Gasteiger partial charge in [-0.15, -0.1) is 11.8 Å². The maximum absolute atomic E-state index is 13.3. The van der Waals surface area contributed by atoms with Gasteiger partial charge in [0.25, 0.3) is 0 Å². The van der Waals surface area contributed by atoms with E-state index in [1.807, 2.05) is 49.6 Å². The van der Waals surface area contributed by atoms with Crippen molar-refractivity contribution in [3.8, 4) is 6.07 Å². The van der Waals surface area contributed by atoms with Crippen LogP contribution in [0.5, 0.6) is 0 Å². The molecule has 5 heteroatoms. The van der Waals surface area contributed by atoms with Crippen LogP contribution in [0.1, 0.15) is 28.8 Å². The second-order valence-corrected chi connectivity index (χ2v) is 7.20. The van der Waals surface area contributed by atoms with Crippen molar-refractivity contribution in [1.82, 2.24) is 0 Å². The Labute approximate surface area is 162 Å². The zero-order chi connectivity index (χ0) is 18.7. The van der Waals surface area contributed by atoms with Gasteiger partial charge in [-0.2, -0.15) is 5.26 Å². The van der Waals surface area contributed by atoms with Gasteiger partial charge in [-0.1, -0.05) is 60.1 Å². The van der Waals surface area contributed by atoms with E-state index in [4.69, 9.17) is 11.6 Å². The van der Waals surface area contributed by atoms with Gasteiger partial charge < -0.3 is 0 Å². The highest BCUT2D eigenvalue weighted by molar-refractivity contribution is 8.02. The molecule has 0 aliphatic carbocycles. The van der Waals surface area contributed by atoms with Crippen molar-refractivity contribution in [1.29, 1.82) is 5.26 Å². The number of thioether (sulfide) groups is 1. The lowest BCUT2D eigenvalue weighted by atomic mass is 9.74. The molecule has 0 bridgehead atoms. The number of allylic oxidation sites excluding steroid dienone is 1. The number of carbonyl (C=O) groups is 1. The van der Waals surface area contributed by atoms with Gasteiger partial charge in [0.1, 0.15) is 5.03 Å². The molecule has 1 heterocycles. The topological polar surface area (TPSA) is 53.2 Å². The molecule has 0 radical (unpaired) electrons. The monoisotopic (exact) mass is 380 g/mol. The van der Waals surface area contributed by atoms with Crippen LogP contribution in [-0.2, 0) is 0 Å². The fraction of sp³-hybridized carbons (Fsp3) is 0.190. The summed E-state index contributed by atoms with van der Waals surface area (Å²) in [6.45, 7) is 1.85. The average Bonchev–Trinajstić information content (AvgIpc) is 2.67. The normalized spacial score (nSPS) is 19.7. The third-order valence-electron chi connectivity index (χ3n) is 4.50. The Morgan fingerprint density at radius 2 is 1.81 bits per heavy atom. The van der Waals surface area contributed by atoms with Crippen LogP contribution in [0.25, 0.3) is 0 Å². The largest absolute Gasteiger partial charge is 0.293 e. The van der Waals surface area contributed by atoms with Gasteiger partial charge in [-0.25, -0.2) is 4.99 Å². The second kappa shape index (κ2) is 7.90. The molecule has 1 aliphatic heterocycles. The lowest BCUT2D eigenvalue weighted by molar-refractivity contribution is 0.0945. The molecule has 3 nitrogen and oxygen atoms in total. The van der Waals surface area contributed by atoms with E-state index in [9.17, 15) is 10.1 Å². The SMILES string of the molecule is CSC1=C(C#N)[C@@H](c2ccccc2Cl)C(C(=O)c2ccccc2)C(C)=N1. The molecule has 0 fully saturated rings. The zero-order valence-corrected chi connectivity index (χ0v) is 16.0. The second-order valence-electron chi connectivity index (χ2n) is 6.00. The molecule has 0 spiro atoms. The molecule has 0 N–H and O–H groups in total. The standard InChI is InChI=1S/C21H17ClN2OS/c1-13-18(20(25)14-8-4-3-5-9-14)19(15-10-6-7-11-17(15)22)16(12-23)21(24-13)26-2/h3-11,18-19H,1-2H3/t18?,19-/m1/s1. The number of hydrogen-bond acceptors (Lipinski definition) is 4. The van der Waals surface area contributed by atoms with E-state index in [0.717, 1.165) is 5.56 Å². The van der Waals surface area contributed by atoms with E-state index in [1.54, 1.807) is 18.2 Å². The number of carbonyl (C=O) groups excluding carboxylic acids is 1. The first kappa shape index (κ1) is 18.4. The number of benzene rings is 2. The van der Waals surface area contributed by atoms with E-state index in [2.05, 4.69) is 11.1 Å². The summed E-state index contributed by atoms with van der Waals surface area (Å²) in [5, 5.41) is 11.0. The molecule has 1 aliphatic rings. The summed E-state index contributed by atoms with van der Waals surface area (Å²) in [6, 6.07) is 18.8. The summed E-state index contributed by atoms with van der Waals surface area (Å²) in [6.07, 6.45) is 1.88. The van der Waals surface area contributed by atoms with Crippen LogP contribution in [0.15, 0.2) is 70.2 Å². The Morgan fingerprint density at radius 3 is 2.42 bits per heavy atom. The molecule has 26 heavy (non-hydrogen) atoms. The molecule has 3 rings (SSSR count). The van der Waals surface area contributed by atoms with Crippen molar-refractivity contribution in [2.45, 2.75) is 12.8 Å². The maximum Gasteiger partial charge on any atom is 0.172 e. The third-order valence-corrected chi connectivity index (χ3v) is 5.54. The first-order valence-corrected chi connectivity index (χ1v) is 9.76. The smallest absolute Gasteiger partial charge is 0.172 e. The van der Waals surface area contributed by atoms with Crippen LogP contribution in [0.4, 0.5) is 0 Å². The van der Waals surface area contributed by atoms with Gasteiger partial charge in [-0.05, 0) is 24.8 Å². The fourth-order valence-electron chi connectivity index (χ4n) is 3.29. The van der Waals surface area contributed by atoms with Crippen LogP contribution in [0.2, 0.25) is 5.02 Å². The predicted molar refractivity (Wildman–Crippen MR) is 108 cm³/mol. The molecular weight excluding hydrogens is 364 g/mol. The van der Waals surface area contributed by atoms with Crippen molar-refractivity contribution in [3.63, 3.8) is 0 Å². The molecule has 2 aromatic carbocycles. The molecule has 0 saturated heterocycles. The summed E-state index contributed by atoms with van der Waals surface area (Å²) in [4.78, 5) is 17.9. The molecule has 0 aromatic heterocycles. The Bertz CT molecular complexity index is 944. The minimum Gasteiger partial charge on any atom is -0.293 e. The number of ketones is 1. The van der Waals surface area contributed by atoms with Crippen LogP contribution in [0.3, 0.4) is 0 Å². The van der Waals surface area contributed by atoms with Crippen LogP contribution in [-0.4, -0.2) is 17.8 Å². The summed E-state index contributed by atoms with van der Waals surface area (Å²) in [5.74, 6) is -1.05. The number of hydrogen-bond donors (Lipinski definition) is 0. The highest BCUT2D eigenvalue weighted by atomic mass is 35.5. The number of halogens is 1. The van der Waals surface area contributed by atoms with Crippen LogP contribution >= 0.6 is 23.4 Å². The van der Waals surface area contributed by atoms with E-state index < -0.39 is 11.8 Å². The van der Waals surface area contributed by atoms with Crippen molar-refractivity contribution in [2.75, 3.05) is 6.26 Å². The Balaban J connectivity index is 2.20. The van der Waals surface area contributed by atoms with Gasteiger partial charge >= 0.3 is 0 Å². The van der Waals surface area contributed by atoms with E-state index in [1.165, 1.54) is 11.8 Å². The lowest BCUT2D eigenvalue weighted by Crippen LogP contribution is -2.33. The van der Waals surface area contributed by atoms with E-state index in [0.29, 0.717) is 26.9 Å². The number of Topliss-reactive ketones (excluding diaryl/α,β-unsaturated/α-hetero) is 1. The third kappa shape index (κ3) is 3.33. The Kier molecular flexibility index (Phi) is 5.61. The maximum atomic E-state index is 13.3. The average molecular weight is 381 g/mol. The minimum atomic E-state index is -0.553. The first-order chi connectivity index (χ1) is 12.6. The first-order valence-electron chi connectivity index (χ1n) is 8.15. The molecule has 2 aromatic rings. The molecule has 1 unspecified atom stereocenters. The van der Waals surface area contributed by atoms with Crippen molar-refractivity contribution < 1.29 is 4.79 Å². The van der Waals surface area contributed by atoms with E-state index in [-0.39, 0.29) is 5.78 Å². The predicted octanol–water partition coefficient (Wildman–Crippen LogP) is 5.50. The highest BCUT2D eigenvalue weighted by Gasteiger charge is 2.40. The number of nitriles is 1. The molecule has 0 saturated carbocycles. The quantitative estimate of drug-likeness (QED) is 0.658. The van der Waals surface area contributed by atoms with Gasteiger partial charge in [-0.3, -0.25) is 4.79 Å². The van der Waals surface area contributed by atoms with Gasteiger partial charge in [0.2, 0.25) is 0 Å². The fourth-order valence-corrected chi connectivity index (χ4v) is 4.17. The number of rotatable bonds is 4. The van der Waals surface area contributed by atoms with Crippen LogP contribution in [0, 0.1) is 17.2 Å². The Morgan fingerprint density at radius 1 is 1.15 bits per heavy atom. The molecule has 2 atom stereocenters. The molecular formula is C21H17ClN2OS. The van der Waals surface area contributed by atoms with Crippen molar-refractivity contribution in [2.24, 2.45) is 10.9 Å². The summed E-state index contributed by atoms with van der Waals surface area (Å²) < 4.78 is 0. The number of nitrogens with zero attached hydrogens (tertiary/aromatic N) is 2. The molecule has 0 amide bonds. The summed E-state index contributed by atoms with van der Waals surface area (Å²) >= 11 is 7.86. The molecule has 130 valence electrons. The number of aliphatic imine (C=N–C) groups is 1. The van der Waals surface area contributed by atoms with Crippen LogP contribution < -0.4 is 0 Å². The van der Waals surface area contributed by atoms with Gasteiger partial charge in [0.05, 0.1) is 17.6 Å². The summed E-state index contributed by atoms with van der Waals surface area (Å²) in [7, 11) is 0.